The van der Waals surface area contributed by atoms with E-state index in [2.05, 4.69) is 24.8 Å². The van der Waals surface area contributed by atoms with E-state index in [1.54, 1.807) is 6.33 Å². The summed E-state index contributed by atoms with van der Waals surface area (Å²) in [4.78, 5) is 17.8. The fourth-order valence-corrected chi connectivity index (χ4v) is 2.05. The van der Waals surface area contributed by atoms with Crippen molar-refractivity contribution in [2.75, 3.05) is 31.1 Å². The topological polar surface area (TPSA) is 93.0 Å². The molecule has 0 unspecified atom stereocenters. The van der Waals surface area contributed by atoms with Gasteiger partial charge in [-0.2, -0.15) is 0 Å². The summed E-state index contributed by atoms with van der Waals surface area (Å²) in [5, 5.41) is 0. The third-order valence-electron chi connectivity index (χ3n) is 2.90. The fourth-order valence-electron chi connectivity index (χ4n) is 2.05. The molecule has 1 aliphatic rings. The van der Waals surface area contributed by atoms with E-state index in [4.69, 9.17) is 10.5 Å². The highest BCUT2D eigenvalue weighted by atomic mass is 16.5. The Bertz CT molecular complexity index is 512. The number of hydrogen-bond acceptors (Lipinski definition) is 6. The summed E-state index contributed by atoms with van der Waals surface area (Å²) in [5.74, 6) is 0.870. The minimum atomic E-state index is 0.0664. The molecular formula is C10H14N6O. The van der Waals surface area contributed by atoms with Crippen molar-refractivity contribution >= 4 is 17.0 Å². The summed E-state index contributed by atoms with van der Waals surface area (Å²) in [5.41, 5.74) is 7.18. The van der Waals surface area contributed by atoms with Crippen molar-refractivity contribution in [1.29, 1.82) is 0 Å². The number of rotatable bonds is 2. The van der Waals surface area contributed by atoms with Crippen LogP contribution in [0.5, 0.6) is 0 Å². The molecule has 1 aliphatic heterocycles. The first-order chi connectivity index (χ1) is 8.38. The summed E-state index contributed by atoms with van der Waals surface area (Å²) in [6, 6.07) is 0. The van der Waals surface area contributed by atoms with E-state index in [-0.39, 0.29) is 6.10 Å². The van der Waals surface area contributed by atoms with Gasteiger partial charge in [-0.1, -0.05) is 0 Å². The average Bonchev–Trinajstić information content (AvgIpc) is 2.87. The summed E-state index contributed by atoms with van der Waals surface area (Å²) in [6.45, 7) is 2.75. The lowest BCUT2D eigenvalue weighted by Gasteiger charge is -2.33. The maximum absolute atomic E-state index is 5.63. The lowest BCUT2D eigenvalue weighted by molar-refractivity contribution is 0.0464. The molecule has 0 bridgehead atoms. The Morgan fingerprint density at radius 1 is 1.47 bits per heavy atom. The highest BCUT2D eigenvalue weighted by Crippen LogP contribution is 2.21. The Balaban J connectivity index is 1.94. The number of anilines is 1. The number of ether oxygens (including phenoxy) is 1. The number of H-pyrrole nitrogens is 1. The normalized spacial score (nSPS) is 21.0. The van der Waals surface area contributed by atoms with Gasteiger partial charge >= 0.3 is 0 Å². The maximum atomic E-state index is 5.63. The van der Waals surface area contributed by atoms with Gasteiger partial charge in [-0.15, -0.1) is 0 Å². The fraction of sp³-hybridized carbons (Fsp3) is 0.500. The van der Waals surface area contributed by atoms with Crippen molar-refractivity contribution in [3.63, 3.8) is 0 Å². The highest BCUT2D eigenvalue weighted by Gasteiger charge is 2.22. The lowest BCUT2D eigenvalue weighted by Crippen LogP contribution is -2.46. The molecular weight excluding hydrogens is 220 g/mol. The van der Waals surface area contributed by atoms with Crippen LogP contribution in [-0.2, 0) is 4.74 Å². The van der Waals surface area contributed by atoms with Crippen LogP contribution in [0.25, 0.3) is 11.2 Å². The second kappa shape index (κ2) is 4.27. The molecule has 0 aromatic carbocycles. The molecule has 2 aromatic rings. The van der Waals surface area contributed by atoms with Crippen LogP contribution in [-0.4, -0.2) is 52.3 Å². The predicted octanol–water partition coefficient (Wildman–Crippen LogP) is -0.483. The molecule has 0 aliphatic carbocycles. The molecule has 3 rings (SSSR count). The predicted molar refractivity (Wildman–Crippen MR) is 62.7 cm³/mol. The van der Waals surface area contributed by atoms with E-state index in [9.17, 15) is 0 Å². The Hall–Kier alpha value is -1.73. The van der Waals surface area contributed by atoms with Crippen LogP contribution < -0.4 is 10.6 Å². The zero-order chi connectivity index (χ0) is 11.7. The molecule has 0 saturated carbocycles. The number of nitrogens with one attached hydrogen (secondary N) is 1. The average molecular weight is 234 g/mol. The van der Waals surface area contributed by atoms with Gasteiger partial charge in [0.25, 0.3) is 0 Å². The number of morpholine rings is 1. The van der Waals surface area contributed by atoms with Crippen LogP contribution in [0.15, 0.2) is 12.7 Å². The van der Waals surface area contributed by atoms with Crippen LogP contribution in [0.1, 0.15) is 0 Å². The van der Waals surface area contributed by atoms with Gasteiger partial charge in [0, 0.05) is 19.6 Å². The third-order valence-corrected chi connectivity index (χ3v) is 2.90. The second-order valence-electron chi connectivity index (χ2n) is 3.97. The van der Waals surface area contributed by atoms with E-state index in [1.165, 1.54) is 6.33 Å². The van der Waals surface area contributed by atoms with E-state index in [1.807, 2.05) is 0 Å². The molecule has 1 saturated heterocycles. The SMILES string of the molecule is NC[C@@H]1CN(c2ncnc3nc[nH]c23)CCO1. The second-order valence-corrected chi connectivity index (χ2v) is 3.97. The molecule has 7 heteroatoms. The van der Waals surface area contributed by atoms with E-state index in [0.29, 0.717) is 18.8 Å². The summed E-state index contributed by atoms with van der Waals surface area (Å²) in [6.07, 6.45) is 3.23. The van der Waals surface area contributed by atoms with Crippen molar-refractivity contribution in [3.8, 4) is 0 Å². The van der Waals surface area contributed by atoms with Crippen LogP contribution in [0.2, 0.25) is 0 Å². The van der Waals surface area contributed by atoms with Crippen molar-refractivity contribution < 1.29 is 4.74 Å². The number of fused-ring (bicyclic) bond motifs is 1. The number of hydrogen-bond donors (Lipinski definition) is 2. The Kier molecular flexibility index (Phi) is 2.62. The quantitative estimate of drug-likeness (QED) is 0.728. The number of nitrogens with zero attached hydrogens (tertiary/aromatic N) is 4. The molecule has 3 heterocycles. The lowest BCUT2D eigenvalue weighted by atomic mass is 10.2. The summed E-state index contributed by atoms with van der Waals surface area (Å²) in [7, 11) is 0. The maximum Gasteiger partial charge on any atom is 0.182 e. The Morgan fingerprint density at radius 3 is 3.29 bits per heavy atom. The molecule has 0 spiro atoms. The van der Waals surface area contributed by atoms with Crippen molar-refractivity contribution in [2.24, 2.45) is 5.73 Å². The van der Waals surface area contributed by atoms with Crippen molar-refractivity contribution in [1.82, 2.24) is 19.9 Å². The third kappa shape index (κ3) is 1.83. The largest absolute Gasteiger partial charge is 0.373 e. The van der Waals surface area contributed by atoms with Gasteiger partial charge in [-0.25, -0.2) is 15.0 Å². The van der Waals surface area contributed by atoms with Crippen LogP contribution in [0, 0.1) is 0 Å². The molecule has 17 heavy (non-hydrogen) atoms. The summed E-state index contributed by atoms with van der Waals surface area (Å²) >= 11 is 0. The van der Waals surface area contributed by atoms with Gasteiger partial charge in [0.05, 0.1) is 19.0 Å². The molecule has 3 N–H and O–H groups in total. The van der Waals surface area contributed by atoms with Crippen LogP contribution in [0.3, 0.4) is 0 Å². The highest BCUT2D eigenvalue weighted by molar-refractivity contribution is 5.82. The molecule has 0 amide bonds. The minimum Gasteiger partial charge on any atom is -0.373 e. The van der Waals surface area contributed by atoms with Gasteiger partial charge in [0.1, 0.15) is 11.8 Å². The molecule has 7 nitrogen and oxygen atoms in total. The van der Waals surface area contributed by atoms with E-state index < -0.39 is 0 Å². The van der Waals surface area contributed by atoms with Gasteiger partial charge in [0.15, 0.2) is 11.5 Å². The number of aromatic amines is 1. The first-order valence-electron chi connectivity index (χ1n) is 5.59. The van der Waals surface area contributed by atoms with Gasteiger partial charge in [-0.05, 0) is 0 Å². The van der Waals surface area contributed by atoms with Crippen molar-refractivity contribution in [2.45, 2.75) is 6.10 Å². The molecule has 0 radical (unpaired) electrons. The first kappa shape index (κ1) is 10.4. The van der Waals surface area contributed by atoms with E-state index >= 15 is 0 Å². The van der Waals surface area contributed by atoms with Gasteiger partial charge in [0.2, 0.25) is 0 Å². The monoisotopic (exact) mass is 234 g/mol. The zero-order valence-corrected chi connectivity index (χ0v) is 9.33. The molecule has 1 fully saturated rings. The first-order valence-corrected chi connectivity index (χ1v) is 5.59. The number of aromatic nitrogens is 4. The van der Waals surface area contributed by atoms with Crippen molar-refractivity contribution in [3.05, 3.63) is 12.7 Å². The molecule has 90 valence electrons. The minimum absolute atomic E-state index is 0.0664. The van der Waals surface area contributed by atoms with Gasteiger partial charge in [-0.3, -0.25) is 0 Å². The van der Waals surface area contributed by atoms with Crippen LogP contribution >= 0.6 is 0 Å². The Morgan fingerprint density at radius 2 is 2.41 bits per heavy atom. The smallest absolute Gasteiger partial charge is 0.182 e. The number of imidazole rings is 1. The van der Waals surface area contributed by atoms with Crippen LogP contribution in [0.4, 0.5) is 5.82 Å². The number of nitrogens with two attached hydrogens (primary N) is 1. The molecule has 2 aromatic heterocycles. The van der Waals surface area contributed by atoms with Gasteiger partial charge < -0.3 is 20.4 Å². The zero-order valence-electron chi connectivity index (χ0n) is 9.33. The molecule has 1 atom stereocenters. The summed E-state index contributed by atoms with van der Waals surface area (Å²) < 4.78 is 5.54. The Labute approximate surface area is 98.0 Å². The standard InChI is InChI=1S/C10H14N6O/c11-3-7-4-16(1-2-17-7)10-8-9(13-5-12-8)14-6-15-10/h5-7H,1-4,11H2,(H,12,13,14,15)/t7-/m1/s1. The van der Waals surface area contributed by atoms with E-state index in [0.717, 1.165) is 24.4 Å².